The Labute approximate surface area is 106 Å². The Morgan fingerprint density at radius 2 is 2.28 bits per heavy atom. The van der Waals surface area contributed by atoms with Crippen LogP contribution in [0.25, 0.3) is 0 Å². The summed E-state index contributed by atoms with van der Waals surface area (Å²) in [5.41, 5.74) is 6.17. The largest absolute Gasteiger partial charge is 0.479 e. The lowest BCUT2D eigenvalue weighted by Crippen LogP contribution is -2.36. The lowest BCUT2D eigenvalue weighted by molar-refractivity contribution is -0.119. The maximum Gasteiger partial charge on any atom is 0.242 e. The standard InChI is InChI=1S/C11H19N5O2/c1-4-5-13-8(17)6-16(2)10-9(12)11(18-3)15-7-14-10/h7H,4-6,12H2,1-3H3,(H,13,17). The molecule has 0 fully saturated rings. The van der Waals surface area contributed by atoms with Crippen LogP contribution in [-0.2, 0) is 4.79 Å². The van der Waals surface area contributed by atoms with Crippen molar-refractivity contribution in [3.05, 3.63) is 6.33 Å². The summed E-state index contributed by atoms with van der Waals surface area (Å²) < 4.78 is 5.00. The molecule has 1 aromatic rings. The van der Waals surface area contributed by atoms with E-state index in [-0.39, 0.29) is 12.5 Å². The number of nitrogens with one attached hydrogen (secondary N) is 1. The number of carbonyl (C=O) groups excluding carboxylic acids is 1. The number of carbonyl (C=O) groups is 1. The number of nitrogen functional groups attached to an aromatic ring is 1. The Bertz CT molecular complexity index is 410. The number of nitrogens with two attached hydrogens (primary N) is 1. The van der Waals surface area contributed by atoms with Gasteiger partial charge in [0, 0.05) is 13.6 Å². The molecule has 1 rings (SSSR count). The van der Waals surface area contributed by atoms with E-state index < -0.39 is 0 Å². The van der Waals surface area contributed by atoms with E-state index in [9.17, 15) is 4.79 Å². The van der Waals surface area contributed by atoms with Gasteiger partial charge in [0.15, 0.2) is 5.82 Å². The Morgan fingerprint density at radius 3 is 2.89 bits per heavy atom. The molecule has 1 heterocycles. The molecule has 0 aromatic carbocycles. The number of hydrogen-bond acceptors (Lipinski definition) is 6. The van der Waals surface area contributed by atoms with Crippen molar-refractivity contribution in [1.29, 1.82) is 0 Å². The molecule has 0 aliphatic rings. The van der Waals surface area contributed by atoms with Crippen molar-refractivity contribution >= 4 is 17.4 Å². The first-order valence-electron chi connectivity index (χ1n) is 5.72. The van der Waals surface area contributed by atoms with E-state index >= 15 is 0 Å². The maximum atomic E-state index is 11.6. The van der Waals surface area contributed by atoms with E-state index in [4.69, 9.17) is 10.5 Å². The average Bonchev–Trinajstić information content (AvgIpc) is 2.36. The molecule has 7 nitrogen and oxygen atoms in total. The van der Waals surface area contributed by atoms with Crippen LogP contribution in [0.1, 0.15) is 13.3 Å². The SMILES string of the molecule is CCCNC(=O)CN(C)c1ncnc(OC)c1N. The third kappa shape index (κ3) is 3.47. The summed E-state index contributed by atoms with van der Waals surface area (Å²) in [6.07, 6.45) is 2.25. The van der Waals surface area contributed by atoms with Crippen molar-refractivity contribution in [3.63, 3.8) is 0 Å². The molecule has 0 bridgehead atoms. The molecule has 0 saturated heterocycles. The van der Waals surface area contributed by atoms with Crippen molar-refractivity contribution in [3.8, 4) is 5.88 Å². The molecule has 3 N–H and O–H groups in total. The second-order valence-corrected chi connectivity index (χ2v) is 3.83. The fraction of sp³-hybridized carbons (Fsp3) is 0.545. The molecule has 1 amide bonds. The number of anilines is 2. The van der Waals surface area contributed by atoms with E-state index in [1.807, 2.05) is 6.92 Å². The van der Waals surface area contributed by atoms with E-state index in [1.54, 1.807) is 11.9 Å². The zero-order valence-corrected chi connectivity index (χ0v) is 10.9. The molecule has 0 aliphatic carbocycles. The monoisotopic (exact) mass is 253 g/mol. The van der Waals surface area contributed by atoms with Crippen molar-refractivity contribution < 1.29 is 9.53 Å². The highest BCUT2D eigenvalue weighted by atomic mass is 16.5. The number of likely N-dealkylation sites (N-methyl/N-ethyl adjacent to an activating group) is 1. The third-order valence-corrected chi connectivity index (χ3v) is 2.33. The number of nitrogens with zero attached hydrogens (tertiary/aromatic N) is 3. The van der Waals surface area contributed by atoms with Gasteiger partial charge in [0.1, 0.15) is 12.0 Å². The van der Waals surface area contributed by atoms with Crippen molar-refractivity contribution in [1.82, 2.24) is 15.3 Å². The predicted octanol–water partition coefficient (Wildman–Crippen LogP) is 0.0298. The molecule has 0 spiro atoms. The van der Waals surface area contributed by atoms with Crippen LogP contribution in [0.15, 0.2) is 6.33 Å². The zero-order valence-electron chi connectivity index (χ0n) is 10.9. The molecular formula is C11H19N5O2. The Balaban J connectivity index is 2.72. The third-order valence-electron chi connectivity index (χ3n) is 2.33. The molecule has 18 heavy (non-hydrogen) atoms. The Morgan fingerprint density at radius 1 is 1.56 bits per heavy atom. The van der Waals surface area contributed by atoms with Gasteiger partial charge < -0.3 is 20.7 Å². The summed E-state index contributed by atoms with van der Waals surface area (Å²) in [6, 6.07) is 0. The molecule has 0 atom stereocenters. The normalized spacial score (nSPS) is 9.94. The summed E-state index contributed by atoms with van der Waals surface area (Å²) in [7, 11) is 3.22. The minimum atomic E-state index is -0.0728. The molecule has 0 unspecified atom stereocenters. The van der Waals surface area contributed by atoms with Gasteiger partial charge in [-0.3, -0.25) is 4.79 Å². The van der Waals surface area contributed by atoms with Gasteiger partial charge in [0.05, 0.1) is 13.7 Å². The smallest absolute Gasteiger partial charge is 0.242 e. The van der Waals surface area contributed by atoms with Crippen LogP contribution in [0.5, 0.6) is 5.88 Å². The fourth-order valence-corrected chi connectivity index (χ4v) is 1.45. The summed E-state index contributed by atoms with van der Waals surface area (Å²) in [5.74, 6) is 0.714. The second-order valence-electron chi connectivity index (χ2n) is 3.83. The Kier molecular flexibility index (Phi) is 5.16. The van der Waals surface area contributed by atoms with Gasteiger partial charge in [-0.05, 0) is 6.42 Å². The van der Waals surface area contributed by atoms with Gasteiger partial charge in [-0.25, -0.2) is 4.98 Å². The van der Waals surface area contributed by atoms with Gasteiger partial charge in [-0.15, -0.1) is 0 Å². The second kappa shape index (κ2) is 6.63. The summed E-state index contributed by atoms with van der Waals surface area (Å²) in [6.45, 7) is 2.84. The van der Waals surface area contributed by atoms with Crippen molar-refractivity contribution in [2.75, 3.05) is 37.9 Å². The quantitative estimate of drug-likeness (QED) is 0.743. The van der Waals surface area contributed by atoms with E-state index in [2.05, 4.69) is 15.3 Å². The number of aromatic nitrogens is 2. The molecule has 0 saturated carbocycles. The molecule has 0 aliphatic heterocycles. The van der Waals surface area contributed by atoms with Crippen LogP contribution in [-0.4, -0.2) is 43.1 Å². The molecule has 7 heteroatoms. The minimum absolute atomic E-state index is 0.0728. The van der Waals surface area contributed by atoms with Gasteiger partial charge >= 0.3 is 0 Å². The number of rotatable bonds is 6. The zero-order chi connectivity index (χ0) is 13.5. The fourth-order valence-electron chi connectivity index (χ4n) is 1.45. The van der Waals surface area contributed by atoms with Gasteiger partial charge in [-0.2, -0.15) is 4.98 Å². The number of amides is 1. The van der Waals surface area contributed by atoms with Gasteiger partial charge in [-0.1, -0.05) is 6.92 Å². The number of hydrogen-bond donors (Lipinski definition) is 2. The molecular weight excluding hydrogens is 234 g/mol. The lowest BCUT2D eigenvalue weighted by atomic mass is 10.4. The molecule has 100 valence electrons. The van der Waals surface area contributed by atoms with Crippen molar-refractivity contribution in [2.45, 2.75) is 13.3 Å². The van der Waals surface area contributed by atoms with Crippen LogP contribution < -0.4 is 20.7 Å². The highest BCUT2D eigenvalue weighted by Gasteiger charge is 2.14. The highest BCUT2D eigenvalue weighted by molar-refractivity contribution is 5.82. The van der Waals surface area contributed by atoms with Crippen LogP contribution >= 0.6 is 0 Å². The summed E-state index contributed by atoms with van der Waals surface area (Å²) in [5, 5.41) is 2.78. The first kappa shape index (κ1) is 14.0. The topological polar surface area (TPSA) is 93.4 Å². The van der Waals surface area contributed by atoms with Crippen LogP contribution in [0, 0.1) is 0 Å². The first-order chi connectivity index (χ1) is 8.60. The van der Waals surface area contributed by atoms with E-state index in [1.165, 1.54) is 13.4 Å². The van der Waals surface area contributed by atoms with Crippen molar-refractivity contribution in [2.24, 2.45) is 0 Å². The lowest BCUT2D eigenvalue weighted by Gasteiger charge is -2.19. The average molecular weight is 253 g/mol. The number of methoxy groups -OCH3 is 1. The van der Waals surface area contributed by atoms with E-state index in [0.29, 0.717) is 23.9 Å². The summed E-state index contributed by atoms with van der Waals surface area (Å²) in [4.78, 5) is 21.2. The number of ether oxygens (including phenoxy) is 1. The Hall–Kier alpha value is -2.05. The van der Waals surface area contributed by atoms with E-state index in [0.717, 1.165) is 6.42 Å². The summed E-state index contributed by atoms with van der Waals surface area (Å²) >= 11 is 0. The maximum absolute atomic E-state index is 11.6. The van der Waals surface area contributed by atoms with Gasteiger partial charge in [0.25, 0.3) is 0 Å². The van der Waals surface area contributed by atoms with Crippen LogP contribution in [0.2, 0.25) is 0 Å². The molecule has 0 radical (unpaired) electrons. The predicted molar refractivity (Wildman–Crippen MR) is 69.6 cm³/mol. The molecule has 1 aromatic heterocycles. The van der Waals surface area contributed by atoms with Crippen LogP contribution in [0.4, 0.5) is 11.5 Å². The van der Waals surface area contributed by atoms with Crippen LogP contribution in [0.3, 0.4) is 0 Å². The highest BCUT2D eigenvalue weighted by Crippen LogP contribution is 2.26. The first-order valence-corrected chi connectivity index (χ1v) is 5.72. The minimum Gasteiger partial charge on any atom is -0.479 e. The van der Waals surface area contributed by atoms with Gasteiger partial charge in [0.2, 0.25) is 11.8 Å².